The molecule has 0 spiro atoms. The Morgan fingerprint density at radius 2 is 1.40 bits per heavy atom. The molecule has 0 radical (unpaired) electrons. The highest BCUT2D eigenvalue weighted by Crippen LogP contribution is 2.23. The summed E-state index contributed by atoms with van der Waals surface area (Å²) in [5.74, 6) is 0. The van der Waals surface area contributed by atoms with E-state index in [4.69, 9.17) is 0 Å². The lowest BCUT2D eigenvalue weighted by Gasteiger charge is -2.12. The van der Waals surface area contributed by atoms with Gasteiger partial charge in [0.15, 0.2) is 0 Å². The summed E-state index contributed by atoms with van der Waals surface area (Å²) in [4.78, 5) is 13.1. The summed E-state index contributed by atoms with van der Waals surface area (Å²) in [6, 6.07) is 8.57. The molecule has 0 bridgehead atoms. The molecule has 0 saturated heterocycles. The van der Waals surface area contributed by atoms with Crippen molar-refractivity contribution in [1.29, 1.82) is 0 Å². The van der Waals surface area contributed by atoms with Crippen LogP contribution in [-0.4, -0.2) is 9.13 Å². The van der Waals surface area contributed by atoms with E-state index in [1.54, 1.807) is 4.57 Å². The van der Waals surface area contributed by atoms with Crippen molar-refractivity contribution in [1.82, 2.24) is 9.13 Å². The third kappa shape index (κ3) is 2.84. The number of aromatic nitrogens is 2. The Labute approximate surface area is 149 Å². The van der Waals surface area contributed by atoms with Crippen molar-refractivity contribution in [3.05, 3.63) is 74.7 Å². The van der Waals surface area contributed by atoms with Gasteiger partial charge in [0.05, 0.1) is 17.6 Å². The van der Waals surface area contributed by atoms with E-state index in [9.17, 15) is 4.79 Å². The maximum Gasteiger partial charge on any atom is 0.333 e. The highest BCUT2D eigenvalue weighted by atomic mass is 16.1. The maximum absolute atomic E-state index is 13.1. The zero-order valence-electron chi connectivity index (χ0n) is 16.0. The molecule has 130 valence electrons. The van der Waals surface area contributed by atoms with Crippen LogP contribution in [0.15, 0.2) is 35.6 Å². The van der Waals surface area contributed by atoms with Crippen LogP contribution in [-0.2, 0) is 6.54 Å². The van der Waals surface area contributed by atoms with Gasteiger partial charge in [0.25, 0.3) is 0 Å². The number of allylic oxidation sites excluding steroid dienone is 1. The number of hydrogen-bond acceptors (Lipinski definition) is 1. The Morgan fingerprint density at radius 1 is 0.880 bits per heavy atom. The molecule has 0 aliphatic rings. The van der Waals surface area contributed by atoms with E-state index in [0.29, 0.717) is 6.54 Å². The Bertz CT molecular complexity index is 1040. The first kappa shape index (κ1) is 17.3. The van der Waals surface area contributed by atoms with Crippen molar-refractivity contribution < 1.29 is 0 Å². The molecule has 0 amide bonds. The van der Waals surface area contributed by atoms with Crippen LogP contribution in [0.3, 0.4) is 0 Å². The fourth-order valence-corrected chi connectivity index (χ4v) is 3.65. The van der Waals surface area contributed by atoms with Crippen LogP contribution in [0.5, 0.6) is 0 Å². The summed E-state index contributed by atoms with van der Waals surface area (Å²) in [7, 11) is 0. The lowest BCUT2D eigenvalue weighted by atomic mass is 9.99. The van der Waals surface area contributed by atoms with Gasteiger partial charge in [0.1, 0.15) is 0 Å². The molecular weight excluding hydrogens is 308 g/mol. The lowest BCUT2D eigenvalue weighted by molar-refractivity contribution is 0.758. The molecular formula is C22H26N2O. The van der Waals surface area contributed by atoms with Crippen LogP contribution in [0.2, 0.25) is 0 Å². The van der Waals surface area contributed by atoms with Gasteiger partial charge in [-0.2, -0.15) is 0 Å². The minimum atomic E-state index is -0.0214. The second-order valence-corrected chi connectivity index (χ2v) is 7.24. The van der Waals surface area contributed by atoms with E-state index in [-0.39, 0.29) is 5.69 Å². The summed E-state index contributed by atoms with van der Waals surface area (Å²) in [6.07, 6.45) is 0. The van der Waals surface area contributed by atoms with E-state index in [2.05, 4.69) is 65.5 Å². The van der Waals surface area contributed by atoms with Crippen molar-refractivity contribution in [3.63, 3.8) is 0 Å². The minimum absolute atomic E-state index is 0.0214. The Kier molecular flexibility index (Phi) is 4.19. The number of benzene rings is 2. The average Bonchev–Trinajstić information content (AvgIpc) is 2.75. The van der Waals surface area contributed by atoms with Crippen molar-refractivity contribution >= 4 is 16.7 Å². The second kappa shape index (κ2) is 6.07. The number of hydrogen-bond donors (Lipinski definition) is 0. The summed E-state index contributed by atoms with van der Waals surface area (Å²) < 4.78 is 3.60. The van der Waals surface area contributed by atoms with Crippen LogP contribution in [0.4, 0.5) is 0 Å². The highest BCUT2D eigenvalue weighted by Gasteiger charge is 2.16. The van der Waals surface area contributed by atoms with Gasteiger partial charge in [-0.1, -0.05) is 24.3 Å². The quantitative estimate of drug-likeness (QED) is 0.670. The van der Waals surface area contributed by atoms with Gasteiger partial charge >= 0.3 is 5.69 Å². The molecule has 3 heteroatoms. The normalized spacial score (nSPS) is 11.3. The number of aryl methyl sites for hydroxylation is 5. The topological polar surface area (TPSA) is 26.9 Å². The van der Waals surface area contributed by atoms with Gasteiger partial charge in [0, 0.05) is 5.70 Å². The number of rotatable bonds is 3. The fourth-order valence-electron chi connectivity index (χ4n) is 3.65. The average molecular weight is 334 g/mol. The molecule has 1 heterocycles. The zero-order valence-corrected chi connectivity index (χ0v) is 16.0. The van der Waals surface area contributed by atoms with E-state index in [1.165, 1.54) is 33.4 Å². The molecule has 0 fully saturated rings. The highest BCUT2D eigenvalue weighted by molar-refractivity contribution is 5.81. The molecule has 0 N–H and O–H groups in total. The molecule has 1 aromatic heterocycles. The molecule has 0 unspecified atom stereocenters. The lowest BCUT2D eigenvalue weighted by Crippen LogP contribution is -2.24. The van der Waals surface area contributed by atoms with E-state index >= 15 is 0 Å². The van der Waals surface area contributed by atoms with Gasteiger partial charge in [0.2, 0.25) is 0 Å². The van der Waals surface area contributed by atoms with Gasteiger partial charge in [-0.25, -0.2) is 4.79 Å². The standard InChI is InChI=1S/C22H26N2O/c1-13(2)24-21-11-16(5)15(4)10-20(21)23(22(24)25)12-19-17(6)8-14(3)9-18(19)7/h8-11H,1,12H2,2-7H3. The summed E-state index contributed by atoms with van der Waals surface area (Å²) >= 11 is 0. The Balaban J connectivity index is 2.31. The van der Waals surface area contributed by atoms with Crippen molar-refractivity contribution in [2.45, 2.75) is 48.1 Å². The minimum Gasteiger partial charge on any atom is -0.287 e. The molecule has 0 saturated carbocycles. The zero-order chi connectivity index (χ0) is 18.5. The van der Waals surface area contributed by atoms with Crippen molar-refractivity contribution in [2.24, 2.45) is 0 Å². The third-order valence-electron chi connectivity index (χ3n) is 5.08. The first-order valence-corrected chi connectivity index (χ1v) is 8.65. The van der Waals surface area contributed by atoms with E-state index < -0.39 is 0 Å². The predicted octanol–water partition coefficient (Wildman–Crippen LogP) is 4.88. The van der Waals surface area contributed by atoms with Crippen molar-refractivity contribution in [3.8, 4) is 0 Å². The predicted molar refractivity (Wildman–Crippen MR) is 106 cm³/mol. The molecule has 2 aromatic carbocycles. The fraction of sp³-hybridized carbons (Fsp3) is 0.318. The first-order valence-electron chi connectivity index (χ1n) is 8.65. The van der Waals surface area contributed by atoms with Crippen LogP contribution in [0.25, 0.3) is 16.7 Å². The molecule has 25 heavy (non-hydrogen) atoms. The molecule has 3 nitrogen and oxygen atoms in total. The van der Waals surface area contributed by atoms with E-state index in [1.807, 2.05) is 11.5 Å². The van der Waals surface area contributed by atoms with Crippen LogP contribution < -0.4 is 5.69 Å². The van der Waals surface area contributed by atoms with Gasteiger partial charge in [-0.3, -0.25) is 9.13 Å². The smallest absolute Gasteiger partial charge is 0.287 e. The molecule has 3 aromatic rings. The van der Waals surface area contributed by atoms with Crippen LogP contribution in [0.1, 0.15) is 40.3 Å². The SMILES string of the molecule is C=C(C)n1c(=O)n(Cc2c(C)cc(C)cc2C)c2cc(C)c(C)cc21. The summed E-state index contributed by atoms with van der Waals surface area (Å²) in [5.41, 5.74) is 9.92. The molecule has 0 aliphatic carbocycles. The molecule has 0 aliphatic heterocycles. The summed E-state index contributed by atoms with van der Waals surface area (Å²) in [5, 5.41) is 0. The van der Waals surface area contributed by atoms with Gasteiger partial charge in [-0.15, -0.1) is 0 Å². The molecule has 3 rings (SSSR count). The monoisotopic (exact) mass is 334 g/mol. The first-order chi connectivity index (χ1) is 11.7. The maximum atomic E-state index is 13.1. The largest absolute Gasteiger partial charge is 0.333 e. The van der Waals surface area contributed by atoms with E-state index in [0.717, 1.165) is 16.7 Å². The molecule has 0 atom stereocenters. The van der Waals surface area contributed by atoms with Crippen molar-refractivity contribution in [2.75, 3.05) is 0 Å². The van der Waals surface area contributed by atoms with Gasteiger partial charge < -0.3 is 0 Å². The Hall–Kier alpha value is -2.55. The Morgan fingerprint density at radius 3 is 1.92 bits per heavy atom. The number of imidazole rings is 1. The van der Waals surface area contributed by atoms with Crippen LogP contribution >= 0.6 is 0 Å². The van der Waals surface area contributed by atoms with Crippen LogP contribution in [0, 0.1) is 34.6 Å². The number of nitrogens with zero attached hydrogens (tertiary/aromatic N) is 2. The second-order valence-electron chi connectivity index (χ2n) is 7.24. The van der Waals surface area contributed by atoms with Gasteiger partial charge in [-0.05, 0) is 81.5 Å². The number of fused-ring (bicyclic) bond motifs is 1. The summed E-state index contributed by atoms with van der Waals surface area (Å²) in [6.45, 7) is 17.0. The third-order valence-corrected chi connectivity index (χ3v) is 5.08.